The number of carboxylic acid groups (broad SMARTS) is 1. The standard InChI is InChI=1S/C13H18N2O4/c1-3-15-10(6-9(2)14-15)7-13(12(17)18)8-19-5-4-11(13)16/h6H,3-5,7-8H2,1-2H3,(H,17,18). The summed E-state index contributed by atoms with van der Waals surface area (Å²) in [5.41, 5.74) is 0.125. The lowest BCUT2D eigenvalue weighted by molar-refractivity contribution is -0.164. The van der Waals surface area contributed by atoms with Crippen LogP contribution in [0.5, 0.6) is 0 Å². The number of rotatable bonds is 4. The molecule has 2 heterocycles. The van der Waals surface area contributed by atoms with Crippen LogP contribution in [0.3, 0.4) is 0 Å². The van der Waals surface area contributed by atoms with E-state index in [4.69, 9.17) is 4.74 Å². The van der Waals surface area contributed by atoms with Gasteiger partial charge in [-0.2, -0.15) is 5.10 Å². The molecule has 19 heavy (non-hydrogen) atoms. The number of carbonyl (C=O) groups excluding carboxylic acids is 1. The molecule has 0 bridgehead atoms. The van der Waals surface area contributed by atoms with Crippen molar-refractivity contribution in [1.29, 1.82) is 0 Å². The predicted molar refractivity (Wildman–Crippen MR) is 66.9 cm³/mol. The Morgan fingerprint density at radius 2 is 2.37 bits per heavy atom. The van der Waals surface area contributed by atoms with E-state index in [2.05, 4.69) is 5.10 Å². The van der Waals surface area contributed by atoms with Crippen molar-refractivity contribution in [2.45, 2.75) is 33.2 Å². The van der Waals surface area contributed by atoms with Crippen molar-refractivity contribution in [2.24, 2.45) is 5.41 Å². The van der Waals surface area contributed by atoms with Gasteiger partial charge in [-0.1, -0.05) is 0 Å². The van der Waals surface area contributed by atoms with E-state index in [0.29, 0.717) is 13.2 Å². The van der Waals surface area contributed by atoms with Crippen LogP contribution in [0.4, 0.5) is 0 Å². The van der Waals surface area contributed by atoms with Crippen molar-refractivity contribution in [3.63, 3.8) is 0 Å². The van der Waals surface area contributed by atoms with Crippen molar-refractivity contribution < 1.29 is 19.4 Å². The first-order chi connectivity index (χ1) is 8.99. The lowest BCUT2D eigenvalue weighted by Gasteiger charge is -2.31. The number of nitrogens with zero attached hydrogens (tertiary/aromatic N) is 2. The SMILES string of the molecule is CCn1nc(C)cc1CC1(C(=O)O)COCCC1=O. The normalized spacial score (nSPS) is 23.6. The van der Waals surface area contributed by atoms with E-state index in [0.717, 1.165) is 11.4 Å². The summed E-state index contributed by atoms with van der Waals surface area (Å²) in [5, 5.41) is 13.7. The van der Waals surface area contributed by atoms with Gasteiger partial charge >= 0.3 is 5.97 Å². The summed E-state index contributed by atoms with van der Waals surface area (Å²) in [5.74, 6) is -1.37. The monoisotopic (exact) mass is 266 g/mol. The topological polar surface area (TPSA) is 81.4 Å². The highest BCUT2D eigenvalue weighted by molar-refractivity contribution is 6.04. The molecule has 1 fully saturated rings. The van der Waals surface area contributed by atoms with Crippen LogP contribution in [-0.4, -0.2) is 39.9 Å². The Hall–Kier alpha value is -1.69. The average Bonchev–Trinajstić information content (AvgIpc) is 2.72. The first kappa shape index (κ1) is 13.7. The zero-order chi connectivity index (χ0) is 14.0. The number of aliphatic carboxylic acids is 1. The highest BCUT2D eigenvalue weighted by Crippen LogP contribution is 2.30. The van der Waals surface area contributed by atoms with Gasteiger partial charge in [-0.05, 0) is 19.9 Å². The minimum atomic E-state index is -1.46. The molecule has 1 aromatic heterocycles. The Bertz CT molecular complexity index is 509. The zero-order valence-corrected chi connectivity index (χ0v) is 11.2. The summed E-state index contributed by atoms with van der Waals surface area (Å²) in [6.45, 7) is 4.67. The van der Waals surface area contributed by atoms with Gasteiger partial charge in [0.2, 0.25) is 0 Å². The summed E-state index contributed by atoms with van der Waals surface area (Å²) < 4.78 is 6.98. The number of ketones is 1. The van der Waals surface area contributed by atoms with Crippen LogP contribution in [-0.2, 0) is 27.3 Å². The molecule has 1 aliphatic heterocycles. The van der Waals surface area contributed by atoms with Crippen LogP contribution in [0.25, 0.3) is 0 Å². The van der Waals surface area contributed by atoms with Crippen LogP contribution in [0.2, 0.25) is 0 Å². The van der Waals surface area contributed by atoms with Crippen molar-refractivity contribution in [3.8, 4) is 0 Å². The quantitative estimate of drug-likeness (QED) is 0.816. The molecule has 1 atom stereocenters. The Balaban J connectivity index is 2.35. The van der Waals surface area contributed by atoms with E-state index < -0.39 is 11.4 Å². The van der Waals surface area contributed by atoms with Gasteiger partial charge in [0.25, 0.3) is 0 Å². The summed E-state index contributed by atoms with van der Waals surface area (Å²) >= 11 is 0. The molecule has 0 radical (unpaired) electrons. The second kappa shape index (κ2) is 5.13. The highest BCUT2D eigenvalue weighted by atomic mass is 16.5. The van der Waals surface area contributed by atoms with Crippen molar-refractivity contribution >= 4 is 11.8 Å². The average molecular weight is 266 g/mol. The molecule has 6 heteroatoms. The van der Waals surface area contributed by atoms with Gasteiger partial charge in [-0.25, -0.2) is 0 Å². The molecule has 0 spiro atoms. The molecule has 2 rings (SSSR count). The van der Waals surface area contributed by atoms with Crippen LogP contribution in [0.1, 0.15) is 24.7 Å². The molecule has 6 nitrogen and oxygen atoms in total. The lowest BCUT2D eigenvalue weighted by Crippen LogP contribution is -2.49. The second-order valence-electron chi connectivity index (χ2n) is 4.88. The maximum Gasteiger partial charge on any atom is 0.319 e. The minimum absolute atomic E-state index is 0.0604. The Labute approximate surface area is 111 Å². The number of aryl methyl sites for hydroxylation is 2. The van der Waals surface area contributed by atoms with Crippen LogP contribution in [0.15, 0.2) is 6.07 Å². The molecular weight excluding hydrogens is 248 g/mol. The number of hydrogen-bond donors (Lipinski definition) is 1. The van der Waals surface area contributed by atoms with E-state index in [-0.39, 0.29) is 25.2 Å². The smallest absolute Gasteiger partial charge is 0.319 e. The van der Waals surface area contributed by atoms with Crippen molar-refractivity contribution in [3.05, 3.63) is 17.5 Å². The zero-order valence-electron chi connectivity index (χ0n) is 11.2. The van der Waals surface area contributed by atoms with Gasteiger partial charge in [0.1, 0.15) is 0 Å². The molecule has 1 aliphatic rings. The van der Waals surface area contributed by atoms with Gasteiger partial charge in [-0.3, -0.25) is 14.3 Å². The molecule has 1 saturated heterocycles. The maximum absolute atomic E-state index is 12.1. The van der Waals surface area contributed by atoms with E-state index in [1.54, 1.807) is 4.68 Å². The molecule has 0 saturated carbocycles. The summed E-state index contributed by atoms with van der Waals surface area (Å²) in [6.07, 6.45) is 0.293. The predicted octanol–water partition coefficient (Wildman–Crippen LogP) is 0.814. The second-order valence-corrected chi connectivity index (χ2v) is 4.88. The van der Waals surface area contributed by atoms with Gasteiger partial charge in [0.15, 0.2) is 11.2 Å². The first-order valence-electron chi connectivity index (χ1n) is 6.37. The van der Waals surface area contributed by atoms with E-state index in [9.17, 15) is 14.7 Å². The largest absolute Gasteiger partial charge is 0.480 e. The number of carboxylic acids is 1. The van der Waals surface area contributed by atoms with Gasteiger partial charge in [0, 0.05) is 25.1 Å². The third-order valence-corrected chi connectivity index (χ3v) is 3.53. The van der Waals surface area contributed by atoms with Gasteiger partial charge in [0.05, 0.1) is 18.9 Å². The molecule has 1 unspecified atom stereocenters. The minimum Gasteiger partial charge on any atom is -0.480 e. The molecule has 1 aromatic rings. The van der Waals surface area contributed by atoms with Gasteiger partial charge in [-0.15, -0.1) is 0 Å². The number of ether oxygens (including phenoxy) is 1. The fourth-order valence-corrected chi connectivity index (χ4v) is 2.46. The molecule has 104 valence electrons. The van der Waals surface area contributed by atoms with Crippen LogP contribution < -0.4 is 0 Å². The molecule has 0 aliphatic carbocycles. The first-order valence-corrected chi connectivity index (χ1v) is 6.37. The Morgan fingerprint density at radius 1 is 1.63 bits per heavy atom. The van der Waals surface area contributed by atoms with Gasteiger partial charge < -0.3 is 9.84 Å². The summed E-state index contributed by atoms with van der Waals surface area (Å²) in [6, 6.07) is 1.83. The highest BCUT2D eigenvalue weighted by Gasteiger charge is 2.48. The van der Waals surface area contributed by atoms with Crippen molar-refractivity contribution in [1.82, 2.24) is 9.78 Å². The number of aromatic nitrogens is 2. The molecule has 0 amide bonds. The Morgan fingerprint density at radius 3 is 2.95 bits per heavy atom. The third kappa shape index (κ3) is 2.40. The Kier molecular flexibility index (Phi) is 3.71. The third-order valence-electron chi connectivity index (χ3n) is 3.53. The number of hydrogen-bond acceptors (Lipinski definition) is 4. The molecule has 1 N–H and O–H groups in total. The van der Waals surface area contributed by atoms with E-state index in [1.807, 2.05) is 19.9 Å². The van der Waals surface area contributed by atoms with Crippen molar-refractivity contribution in [2.75, 3.05) is 13.2 Å². The lowest BCUT2D eigenvalue weighted by atomic mass is 9.77. The molecule has 0 aromatic carbocycles. The van der Waals surface area contributed by atoms with E-state index >= 15 is 0 Å². The molecular formula is C13H18N2O4. The fourth-order valence-electron chi connectivity index (χ4n) is 2.46. The fraction of sp³-hybridized carbons (Fsp3) is 0.615. The van der Waals surface area contributed by atoms with Crippen LogP contribution >= 0.6 is 0 Å². The number of Topliss-reactive ketones (excluding diaryl/α,β-unsaturated/α-hetero) is 1. The number of carbonyl (C=O) groups is 2. The summed E-state index contributed by atoms with van der Waals surface area (Å²) in [4.78, 5) is 23.6. The maximum atomic E-state index is 12.1. The van der Waals surface area contributed by atoms with Crippen LogP contribution in [0, 0.1) is 12.3 Å². The summed E-state index contributed by atoms with van der Waals surface area (Å²) in [7, 11) is 0. The van der Waals surface area contributed by atoms with E-state index in [1.165, 1.54) is 0 Å².